The highest BCUT2D eigenvalue weighted by atomic mass is 16.4. The number of carbonyl (C=O) groups is 1. The van der Waals surface area contributed by atoms with Crippen LogP contribution in [0.5, 0.6) is 0 Å². The highest BCUT2D eigenvalue weighted by Gasteiger charge is 2.21. The Balaban J connectivity index is 3.35. The monoisotopic (exact) mass is 223 g/mol. The van der Waals surface area contributed by atoms with Crippen LogP contribution in [0.1, 0.15) is 22.8 Å². The van der Waals surface area contributed by atoms with Crippen molar-refractivity contribution < 1.29 is 15.0 Å². The Morgan fingerprint density at radius 2 is 1.75 bits per heavy atom. The van der Waals surface area contributed by atoms with Gasteiger partial charge in [-0.15, -0.1) is 0 Å². The number of aliphatic hydroxyl groups is 1. The molecule has 0 saturated heterocycles. The number of hydrogen-bond acceptors (Lipinski definition) is 3. The van der Waals surface area contributed by atoms with Gasteiger partial charge in [0.1, 0.15) is 0 Å². The fraction of sp³-hybridized carbons (Fsp3) is 0.417. The summed E-state index contributed by atoms with van der Waals surface area (Å²) in [5, 5.41) is 18.4. The molecule has 0 spiro atoms. The van der Waals surface area contributed by atoms with E-state index in [2.05, 4.69) is 0 Å². The minimum Gasteiger partial charge on any atom is -0.479 e. The van der Waals surface area contributed by atoms with Gasteiger partial charge in [0.05, 0.1) is 0 Å². The van der Waals surface area contributed by atoms with Crippen molar-refractivity contribution in [1.82, 2.24) is 0 Å². The Morgan fingerprint density at radius 3 is 2.19 bits per heavy atom. The third-order valence-corrected chi connectivity index (χ3v) is 2.65. The lowest BCUT2D eigenvalue weighted by Gasteiger charge is -2.21. The van der Waals surface area contributed by atoms with E-state index in [1.165, 1.54) is 0 Å². The molecule has 0 aliphatic heterocycles. The van der Waals surface area contributed by atoms with Crippen molar-refractivity contribution in [1.29, 1.82) is 0 Å². The number of carboxylic acids is 1. The summed E-state index contributed by atoms with van der Waals surface area (Å²) in [6.45, 7) is 3.85. The van der Waals surface area contributed by atoms with Crippen LogP contribution in [-0.2, 0) is 4.79 Å². The number of rotatable bonds is 3. The fourth-order valence-electron chi connectivity index (χ4n) is 1.56. The van der Waals surface area contributed by atoms with Crippen molar-refractivity contribution >= 4 is 11.7 Å². The standard InChI is InChI=1S/C12H17NO3/c1-7-5-9(11(14)12(15)16)10(13(3)4)6-8(7)2/h5-6,11,14H,1-4H3,(H,15,16). The molecule has 1 aromatic rings. The second-order valence-corrected chi connectivity index (χ2v) is 4.13. The third-order valence-electron chi connectivity index (χ3n) is 2.65. The molecule has 88 valence electrons. The molecular weight excluding hydrogens is 206 g/mol. The largest absolute Gasteiger partial charge is 0.479 e. The zero-order valence-corrected chi connectivity index (χ0v) is 9.98. The first-order valence-corrected chi connectivity index (χ1v) is 5.04. The van der Waals surface area contributed by atoms with E-state index in [9.17, 15) is 9.90 Å². The molecule has 1 rings (SSSR count). The van der Waals surface area contributed by atoms with Crippen molar-refractivity contribution in [3.63, 3.8) is 0 Å². The number of aliphatic hydroxyl groups excluding tert-OH is 1. The third kappa shape index (κ3) is 2.33. The van der Waals surface area contributed by atoms with Crippen LogP contribution < -0.4 is 4.90 Å². The highest BCUT2D eigenvalue weighted by Crippen LogP contribution is 2.28. The first-order chi connectivity index (χ1) is 7.34. The number of aryl methyl sites for hydroxylation is 2. The molecule has 16 heavy (non-hydrogen) atoms. The van der Waals surface area contributed by atoms with Crippen LogP contribution in [-0.4, -0.2) is 30.3 Å². The highest BCUT2D eigenvalue weighted by molar-refractivity contribution is 5.77. The second kappa shape index (κ2) is 4.53. The summed E-state index contributed by atoms with van der Waals surface area (Å²) in [6, 6.07) is 3.61. The average Bonchev–Trinajstić information content (AvgIpc) is 2.19. The molecule has 0 aliphatic rings. The summed E-state index contributed by atoms with van der Waals surface area (Å²) in [4.78, 5) is 12.6. The number of nitrogens with zero attached hydrogens (tertiary/aromatic N) is 1. The van der Waals surface area contributed by atoms with Crippen LogP contribution in [0.4, 0.5) is 5.69 Å². The molecule has 1 aromatic carbocycles. The minimum atomic E-state index is -1.48. The van der Waals surface area contributed by atoms with Gasteiger partial charge in [-0.3, -0.25) is 0 Å². The molecule has 0 amide bonds. The van der Waals surface area contributed by atoms with Gasteiger partial charge in [-0.1, -0.05) is 6.07 Å². The summed E-state index contributed by atoms with van der Waals surface area (Å²) in [5.74, 6) is -1.23. The van der Waals surface area contributed by atoms with E-state index in [-0.39, 0.29) is 0 Å². The van der Waals surface area contributed by atoms with Gasteiger partial charge in [0.25, 0.3) is 0 Å². The van der Waals surface area contributed by atoms with E-state index in [1.807, 2.05) is 34.0 Å². The SMILES string of the molecule is Cc1cc(C(O)C(=O)O)c(N(C)C)cc1C. The number of aliphatic carboxylic acids is 1. The normalized spacial score (nSPS) is 12.3. The molecule has 1 atom stereocenters. The molecule has 0 aliphatic carbocycles. The molecule has 0 radical (unpaired) electrons. The summed E-state index contributed by atoms with van der Waals surface area (Å²) < 4.78 is 0. The topological polar surface area (TPSA) is 60.8 Å². The lowest BCUT2D eigenvalue weighted by molar-refractivity contribution is -0.146. The number of carboxylic acid groups (broad SMARTS) is 1. The predicted molar refractivity (Wildman–Crippen MR) is 62.8 cm³/mol. The number of hydrogen-bond donors (Lipinski definition) is 2. The van der Waals surface area contributed by atoms with E-state index >= 15 is 0 Å². The predicted octanol–water partition coefficient (Wildman–Crippen LogP) is 1.49. The molecule has 0 heterocycles. The molecule has 4 nitrogen and oxygen atoms in total. The van der Waals surface area contributed by atoms with Crippen molar-refractivity contribution in [2.45, 2.75) is 20.0 Å². The van der Waals surface area contributed by atoms with Crippen LogP contribution in [0.25, 0.3) is 0 Å². The van der Waals surface area contributed by atoms with E-state index in [0.717, 1.165) is 16.8 Å². The average molecular weight is 223 g/mol. The quantitative estimate of drug-likeness (QED) is 0.815. The van der Waals surface area contributed by atoms with Crippen molar-refractivity contribution in [3.8, 4) is 0 Å². The molecule has 0 aromatic heterocycles. The van der Waals surface area contributed by atoms with Crippen molar-refractivity contribution in [2.24, 2.45) is 0 Å². The van der Waals surface area contributed by atoms with Crippen LogP contribution >= 0.6 is 0 Å². The van der Waals surface area contributed by atoms with Gasteiger partial charge in [0.15, 0.2) is 6.10 Å². The van der Waals surface area contributed by atoms with Crippen LogP contribution in [0.3, 0.4) is 0 Å². The first kappa shape index (κ1) is 12.5. The maximum absolute atomic E-state index is 10.8. The second-order valence-electron chi connectivity index (χ2n) is 4.13. The Bertz CT molecular complexity index is 413. The molecule has 4 heteroatoms. The summed E-state index contributed by atoms with van der Waals surface area (Å²) in [7, 11) is 3.64. The molecule has 2 N–H and O–H groups in total. The molecular formula is C12H17NO3. The summed E-state index contributed by atoms with van der Waals surface area (Å²) >= 11 is 0. The Hall–Kier alpha value is -1.55. The van der Waals surface area contributed by atoms with E-state index in [0.29, 0.717) is 5.56 Å². The van der Waals surface area contributed by atoms with Crippen molar-refractivity contribution in [2.75, 3.05) is 19.0 Å². The molecule has 0 bridgehead atoms. The van der Waals surface area contributed by atoms with Gasteiger partial charge in [0, 0.05) is 25.3 Å². The summed E-state index contributed by atoms with van der Waals surface area (Å²) in [6.07, 6.45) is -1.48. The molecule has 0 fully saturated rings. The molecule has 1 unspecified atom stereocenters. The zero-order chi connectivity index (χ0) is 12.5. The smallest absolute Gasteiger partial charge is 0.337 e. The Labute approximate surface area is 95.1 Å². The maximum atomic E-state index is 10.8. The van der Waals surface area contributed by atoms with Crippen LogP contribution in [0.15, 0.2) is 12.1 Å². The van der Waals surface area contributed by atoms with Crippen LogP contribution in [0, 0.1) is 13.8 Å². The van der Waals surface area contributed by atoms with Gasteiger partial charge in [-0.25, -0.2) is 4.79 Å². The Kier molecular flexibility index (Phi) is 3.55. The van der Waals surface area contributed by atoms with E-state index in [1.54, 1.807) is 11.0 Å². The lowest BCUT2D eigenvalue weighted by atomic mass is 9.99. The number of anilines is 1. The zero-order valence-electron chi connectivity index (χ0n) is 9.98. The van der Waals surface area contributed by atoms with E-state index < -0.39 is 12.1 Å². The van der Waals surface area contributed by atoms with Gasteiger partial charge >= 0.3 is 5.97 Å². The van der Waals surface area contributed by atoms with Crippen molar-refractivity contribution in [3.05, 3.63) is 28.8 Å². The van der Waals surface area contributed by atoms with Gasteiger partial charge < -0.3 is 15.1 Å². The molecule has 0 saturated carbocycles. The lowest BCUT2D eigenvalue weighted by Crippen LogP contribution is -2.18. The van der Waals surface area contributed by atoms with E-state index in [4.69, 9.17) is 5.11 Å². The number of benzene rings is 1. The van der Waals surface area contributed by atoms with Gasteiger partial charge in [-0.2, -0.15) is 0 Å². The summed E-state index contributed by atoms with van der Waals surface area (Å²) in [5.41, 5.74) is 3.21. The fourth-order valence-corrected chi connectivity index (χ4v) is 1.56. The van der Waals surface area contributed by atoms with Gasteiger partial charge in [0.2, 0.25) is 0 Å². The maximum Gasteiger partial charge on any atom is 0.337 e. The Morgan fingerprint density at radius 1 is 1.25 bits per heavy atom. The first-order valence-electron chi connectivity index (χ1n) is 5.04. The van der Waals surface area contributed by atoms with Crippen LogP contribution in [0.2, 0.25) is 0 Å². The van der Waals surface area contributed by atoms with Gasteiger partial charge in [-0.05, 0) is 31.0 Å². The minimum absolute atomic E-state index is 0.431.